The van der Waals surface area contributed by atoms with E-state index in [2.05, 4.69) is 13.8 Å². The molecule has 0 aliphatic rings. The van der Waals surface area contributed by atoms with Crippen LogP contribution < -0.4 is 0 Å². The summed E-state index contributed by atoms with van der Waals surface area (Å²) >= 11 is 0. The van der Waals surface area contributed by atoms with Crippen LogP contribution in [0.5, 0.6) is 0 Å². The second-order valence-electron chi connectivity index (χ2n) is 5.20. The average molecular weight is 254 g/mol. The van der Waals surface area contributed by atoms with Crippen LogP contribution in [0.3, 0.4) is 0 Å². The minimum Gasteiger partial charge on any atom is -0.300 e. The Labute approximate surface area is 113 Å². The Morgan fingerprint density at radius 3 is 1.11 bits per heavy atom. The summed E-state index contributed by atoms with van der Waals surface area (Å²) in [6.07, 6.45) is 11.3. The maximum Gasteiger partial charge on any atom is 0.132 e. The molecule has 0 aliphatic carbocycles. The van der Waals surface area contributed by atoms with E-state index in [9.17, 15) is 9.59 Å². The number of carbonyl (C=O) groups is 2. The van der Waals surface area contributed by atoms with Crippen LogP contribution in [-0.2, 0) is 9.59 Å². The summed E-state index contributed by atoms with van der Waals surface area (Å²) in [7, 11) is 0. The van der Waals surface area contributed by atoms with Gasteiger partial charge in [0.1, 0.15) is 11.6 Å². The predicted molar refractivity (Wildman–Crippen MR) is 76.8 cm³/mol. The first-order valence-electron chi connectivity index (χ1n) is 7.74. The van der Waals surface area contributed by atoms with Gasteiger partial charge in [-0.1, -0.05) is 39.5 Å². The number of Topliss-reactive ketones (excluding diaryl/α,β-unsaturated/α-hetero) is 2. The number of rotatable bonds is 13. The fourth-order valence-corrected chi connectivity index (χ4v) is 2.04. The van der Waals surface area contributed by atoms with E-state index in [1.165, 1.54) is 12.8 Å². The third kappa shape index (κ3) is 11.8. The Balaban J connectivity index is 3.32. The van der Waals surface area contributed by atoms with E-state index in [-0.39, 0.29) is 0 Å². The molecule has 0 unspecified atom stereocenters. The monoisotopic (exact) mass is 254 g/mol. The first-order valence-corrected chi connectivity index (χ1v) is 7.74. The fourth-order valence-electron chi connectivity index (χ4n) is 2.04. The molecule has 0 spiro atoms. The van der Waals surface area contributed by atoms with Crippen molar-refractivity contribution >= 4 is 11.6 Å². The maximum atomic E-state index is 11.5. The number of hydrogen-bond donors (Lipinski definition) is 0. The van der Waals surface area contributed by atoms with Gasteiger partial charge in [0.15, 0.2) is 0 Å². The molecular weight excluding hydrogens is 224 g/mol. The van der Waals surface area contributed by atoms with Gasteiger partial charge in [0.05, 0.1) is 0 Å². The summed E-state index contributed by atoms with van der Waals surface area (Å²) < 4.78 is 0. The molecule has 0 rings (SSSR count). The number of hydrogen-bond acceptors (Lipinski definition) is 2. The zero-order chi connectivity index (χ0) is 13.6. The molecule has 0 bridgehead atoms. The van der Waals surface area contributed by atoms with Crippen LogP contribution in [-0.4, -0.2) is 11.6 Å². The van der Waals surface area contributed by atoms with Crippen molar-refractivity contribution in [3.05, 3.63) is 0 Å². The molecular formula is C16H30O2. The molecule has 0 saturated heterocycles. The number of carbonyl (C=O) groups excluding carboxylic acids is 2. The van der Waals surface area contributed by atoms with E-state index in [0.29, 0.717) is 24.4 Å². The van der Waals surface area contributed by atoms with Gasteiger partial charge >= 0.3 is 0 Å². The van der Waals surface area contributed by atoms with Crippen molar-refractivity contribution in [2.75, 3.05) is 0 Å². The van der Waals surface area contributed by atoms with Crippen molar-refractivity contribution in [3.63, 3.8) is 0 Å². The molecule has 0 aromatic heterocycles. The van der Waals surface area contributed by atoms with Gasteiger partial charge < -0.3 is 0 Å². The normalized spacial score (nSPS) is 10.6. The molecule has 0 saturated carbocycles. The lowest BCUT2D eigenvalue weighted by atomic mass is 10.0. The fraction of sp³-hybridized carbons (Fsp3) is 0.875. The summed E-state index contributed by atoms with van der Waals surface area (Å²) in [4.78, 5) is 23.0. The van der Waals surface area contributed by atoms with Gasteiger partial charge in [-0.3, -0.25) is 9.59 Å². The highest BCUT2D eigenvalue weighted by atomic mass is 16.1. The van der Waals surface area contributed by atoms with Crippen LogP contribution in [0.2, 0.25) is 0 Å². The SMILES string of the molecule is CCCCCC(=O)CCCCC(=O)CCCCC. The van der Waals surface area contributed by atoms with Crippen molar-refractivity contribution < 1.29 is 9.59 Å². The third-order valence-corrected chi connectivity index (χ3v) is 3.28. The highest BCUT2D eigenvalue weighted by Gasteiger charge is 2.04. The van der Waals surface area contributed by atoms with Crippen LogP contribution in [0.25, 0.3) is 0 Å². The molecule has 18 heavy (non-hydrogen) atoms. The van der Waals surface area contributed by atoms with Crippen LogP contribution in [0.15, 0.2) is 0 Å². The van der Waals surface area contributed by atoms with Gasteiger partial charge in [-0.05, 0) is 25.7 Å². The van der Waals surface area contributed by atoms with E-state index in [4.69, 9.17) is 0 Å². The quantitative estimate of drug-likeness (QED) is 0.440. The summed E-state index contributed by atoms with van der Waals surface area (Å²) in [5, 5.41) is 0. The van der Waals surface area contributed by atoms with Crippen molar-refractivity contribution in [1.29, 1.82) is 0 Å². The smallest absolute Gasteiger partial charge is 0.132 e. The lowest BCUT2D eigenvalue weighted by Gasteiger charge is -2.02. The van der Waals surface area contributed by atoms with E-state index >= 15 is 0 Å². The molecule has 0 heterocycles. The molecule has 0 radical (unpaired) electrons. The van der Waals surface area contributed by atoms with Gasteiger partial charge in [-0.25, -0.2) is 0 Å². The Hall–Kier alpha value is -0.660. The molecule has 0 atom stereocenters. The molecule has 0 N–H and O–H groups in total. The Morgan fingerprint density at radius 2 is 0.833 bits per heavy atom. The summed E-state index contributed by atoms with van der Waals surface area (Å²) in [6, 6.07) is 0. The molecule has 0 fully saturated rings. The molecule has 0 aromatic carbocycles. The number of unbranched alkanes of at least 4 members (excludes halogenated alkanes) is 5. The summed E-state index contributed by atoms with van der Waals surface area (Å²) in [6.45, 7) is 4.29. The average Bonchev–Trinajstić information content (AvgIpc) is 2.35. The summed E-state index contributed by atoms with van der Waals surface area (Å²) in [5.74, 6) is 0.753. The molecule has 106 valence electrons. The highest BCUT2D eigenvalue weighted by molar-refractivity contribution is 5.79. The lowest BCUT2D eigenvalue weighted by molar-refractivity contribution is -0.121. The van der Waals surface area contributed by atoms with Crippen molar-refractivity contribution in [3.8, 4) is 0 Å². The largest absolute Gasteiger partial charge is 0.300 e. The van der Waals surface area contributed by atoms with Gasteiger partial charge in [-0.15, -0.1) is 0 Å². The molecule has 0 amide bonds. The Kier molecular flexibility index (Phi) is 12.3. The Bertz CT molecular complexity index is 197. The molecule has 2 heteroatoms. The van der Waals surface area contributed by atoms with E-state index < -0.39 is 0 Å². The zero-order valence-corrected chi connectivity index (χ0v) is 12.3. The van der Waals surface area contributed by atoms with Crippen molar-refractivity contribution in [1.82, 2.24) is 0 Å². The van der Waals surface area contributed by atoms with Gasteiger partial charge in [0.25, 0.3) is 0 Å². The van der Waals surface area contributed by atoms with E-state index in [0.717, 1.165) is 51.4 Å². The zero-order valence-electron chi connectivity index (χ0n) is 12.3. The second-order valence-corrected chi connectivity index (χ2v) is 5.20. The molecule has 0 aliphatic heterocycles. The molecule has 0 aromatic rings. The maximum absolute atomic E-state index is 11.5. The standard InChI is InChI=1S/C16H30O2/c1-3-5-7-11-15(17)13-9-10-14-16(18)12-8-6-4-2/h3-14H2,1-2H3. The second kappa shape index (κ2) is 12.8. The van der Waals surface area contributed by atoms with Crippen LogP contribution in [0.1, 0.15) is 90.9 Å². The van der Waals surface area contributed by atoms with Gasteiger partial charge in [0.2, 0.25) is 0 Å². The van der Waals surface area contributed by atoms with E-state index in [1.54, 1.807) is 0 Å². The van der Waals surface area contributed by atoms with Crippen LogP contribution >= 0.6 is 0 Å². The van der Waals surface area contributed by atoms with Crippen LogP contribution in [0.4, 0.5) is 0 Å². The topological polar surface area (TPSA) is 34.1 Å². The van der Waals surface area contributed by atoms with Gasteiger partial charge in [0, 0.05) is 25.7 Å². The van der Waals surface area contributed by atoms with Crippen molar-refractivity contribution in [2.24, 2.45) is 0 Å². The van der Waals surface area contributed by atoms with Crippen LogP contribution in [0, 0.1) is 0 Å². The summed E-state index contributed by atoms with van der Waals surface area (Å²) in [5.41, 5.74) is 0. The Morgan fingerprint density at radius 1 is 0.556 bits per heavy atom. The minimum absolute atomic E-state index is 0.377. The molecule has 2 nitrogen and oxygen atoms in total. The highest BCUT2D eigenvalue weighted by Crippen LogP contribution is 2.09. The number of ketones is 2. The first-order chi connectivity index (χ1) is 8.70. The van der Waals surface area contributed by atoms with Crippen molar-refractivity contribution in [2.45, 2.75) is 90.9 Å². The minimum atomic E-state index is 0.377. The predicted octanol–water partition coefficient (Wildman–Crippen LogP) is 4.85. The third-order valence-electron chi connectivity index (χ3n) is 3.28. The van der Waals surface area contributed by atoms with E-state index in [1.807, 2.05) is 0 Å². The first kappa shape index (κ1) is 17.3. The van der Waals surface area contributed by atoms with Gasteiger partial charge in [-0.2, -0.15) is 0 Å². The lowest BCUT2D eigenvalue weighted by Crippen LogP contribution is -2.00.